The number of rotatable bonds is 3. The van der Waals surface area contributed by atoms with Gasteiger partial charge in [0.05, 0.1) is 16.6 Å². The van der Waals surface area contributed by atoms with Crippen LogP contribution >= 0.6 is 0 Å². The maximum Gasteiger partial charge on any atom is 0.494 e. The van der Waals surface area contributed by atoms with Gasteiger partial charge in [-0.1, -0.05) is 12.1 Å². The van der Waals surface area contributed by atoms with Crippen LogP contribution in [0.4, 0.5) is 10.5 Å². The second kappa shape index (κ2) is 9.45. The molecule has 2 bridgehead atoms. The van der Waals surface area contributed by atoms with Gasteiger partial charge in [-0.2, -0.15) is 0 Å². The smallest absolute Gasteiger partial charge is 0.444 e. The summed E-state index contributed by atoms with van der Waals surface area (Å²) in [4.78, 5) is 34.0. The zero-order valence-electron chi connectivity index (χ0n) is 26.6. The molecular weight excluding hydrogens is 529 g/mol. The quantitative estimate of drug-likeness (QED) is 0.494. The number of hydrogen-bond donors (Lipinski definition) is 0. The topological polar surface area (TPSA) is 71.6 Å². The van der Waals surface area contributed by atoms with Crippen molar-refractivity contribution in [3.8, 4) is 0 Å². The van der Waals surface area contributed by atoms with E-state index in [-0.39, 0.29) is 18.0 Å². The Hall–Kier alpha value is -2.10. The summed E-state index contributed by atoms with van der Waals surface area (Å²) in [7, 11) is -0.475. The van der Waals surface area contributed by atoms with Crippen molar-refractivity contribution in [2.45, 2.75) is 121 Å². The summed E-state index contributed by atoms with van der Waals surface area (Å²) >= 11 is 0. The summed E-state index contributed by atoms with van der Waals surface area (Å²) < 4.78 is 18.5. The highest BCUT2D eigenvalue weighted by atomic mass is 16.7. The Kier molecular flexibility index (Phi) is 6.45. The second-order valence-corrected chi connectivity index (χ2v) is 16.0. The van der Waals surface area contributed by atoms with E-state index in [1.54, 1.807) is 4.90 Å². The second-order valence-electron chi connectivity index (χ2n) is 16.0. The standard InChI is InChI=1S/C33H48BN3O5/c1-30(2,3)40-29(39)35-12-10-33(11-13-35)26-9-8-23(34-41-31(4,5)32(6,7)42-34)16-27(26)37(28(33)38)25-17-24(18-25)36-19-21-14-22(15-21)20-36/h8-9,16,21-22,24-25H,10-15,17-20H2,1-7H3/t21?,22?,24-,25+. The molecular formula is C33H48BN3O5. The highest BCUT2D eigenvalue weighted by Gasteiger charge is 2.57. The van der Waals surface area contributed by atoms with Crippen molar-refractivity contribution in [3.63, 3.8) is 0 Å². The molecule has 0 N–H and O–H groups in total. The fourth-order valence-corrected chi connectivity index (χ4v) is 8.25. The molecule has 228 valence electrons. The predicted molar refractivity (Wildman–Crippen MR) is 163 cm³/mol. The molecule has 0 radical (unpaired) electrons. The molecule has 2 aliphatic carbocycles. The lowest BCUT2D eigenvalue weighted by atomic mass is 9.69. The minimum Gasteiger partial charge on any atom is -0.444 e. The summed E-state index contributed by atoms with van der Waals surface area (Å²) in [6.07, 6.45) is 5.81. The molecule has 42 heavy (non-hydrogen) atoms. The number of fused-ring (bicyclic) bond motifs is 4. The van der Waals surface area contributed by atoms with Crippen LogP contribution < -0.4 is 10.4 Å². The molecule has 7 aliphatic rings. The fraction of sp³-hybridized carbons (Fsp3) is 0.758. The molecule has 1 aromatic rings. The Balaban J connectivity index is 1.15. The maximum absolute atomic E-state index is 14.6. The third-order valence-electron chi connectivity index (χ3n) is 11.5. The molecule has 2 amide bonds. The minimum absolute atomic E-state index is 0.205. The number of ether oxygens (including phenoxy) is 1. The molecule has 5 aliphatic heterocycles. The van der Waals surface area contributed by atoms with Crippen molar-refractivity contribution in [2.24, 2.45) is 11.8 Å². The van der Waals surface area contributed by atoms with Crippen LogP contribution in [0, 0.1) is 11.8 Å². The average molecular weight is 578 g/mol. The zero-order chi connectivity index (χ0) is 29.8. The lowest BCUT2D eigenvalue weighted by Crippen LogP contribution is -2.61. The summed E-state index contributed by atoms with van der Waals surface area (Å²) in [6.45, 7) is 17.4. The predicted octanol–water partition coefficient (Wildman–Crippen LogP) is 4.47. The Morgan fingerprint density at radius 3 is 2.10 bits per heavy atom. The highest BCUT2D eigenvalue weighted by molar-refractivity contribution is 6.62. The molecule has 0 atom stereocenters. The number of amides is 2. The van der Waals surface area contributed by atoms with Crippen LogP contribution in [0.2, 0.25) is 0 Å². The van der Waals surface area contributed by atoms with Gasteiger partial charge in [-0.05, 0) is 116 Å². The first-order valence-electron chi connectivity index (χ1n) is 16.2. The molecule has 6 fully saturated rings. The van der Waals surface area contributed by atoms with E-state index in [1.165, 1.54) is 25.9 Å². The van der Waals surface area contributed by atoms with Crippen LogP contribution in [0.3, 0.4) is 0 Å². The van der Waals surface area contributed by atoms with Crippen LogP contribution in [0.25, 0.3) is 0 Å². The van der Waals surface area contributed by atoms with Gasteiger partial charge >= 0.3 is 13.2 Å². The van der Waals surface area contributed by atoms with Gasteiger partial charge in [-0.3, -0.25) is 9.69 Å². The summed E-state index contributed by atoms with van der Waals surface area (Å²) in [5, 5.41) is 0. The highest BCUT2D eigenvalue weighted by Crippen LogP contribution is 2.52. The number of piperidine rings is 3. The number of anilines is 1. The Morgan fingerprint density at radius 2 is 1.52 bits per heavy atom. The zero-order valence-corrected chi connectivity index (χ0v) is 26.6. The lowest BCUT2D eigenvalue weighted by Gasteiger charge is -2.54. The number of hydrogen-bond acceptors (Lipinski definition) is 6. The van der Waals surface area contributed by atoms with E-state index < -0.39 is 29.3 Å². The first kappa shape index (κ1) is 28.7. The molecule has 8 nitrogen and oxygen atoms in total. The number of carbonyl (C=O) groups is 2. The first-order valence-corrected chi connectivity index (χ1v) is 16.2. The number of likely N-dealkylation sites (tertiary alicyclic amines) is 1. The molecule has 1 aromatic carbocycles. The normalized spacial score (nSPS) is 32.9. The van der Waals surface area contributed by atoms with Crippen molar-refractivity contribution in [1.29, 1.82) is 0 Å². The molecule has 2 saturated carbocycles. The summed E-state index contributed by atoms with van der Waals surface area (Å²) in [5.41, 5.74) is 1.05. The third kappa shape index (κ3) is 4.52. The van der Waals surface area contributed by atoms with Crippen molar-refractivity contribution < 1.29 is 23.6 Å². The molecule has 0 unspecified atom stereocenters. The number of benzene rings is 1. The summed E-state index contributed by atoms with van der Waals surface area (Å²) in [5.74, 6) is 1.98. The lowest BCUT2D eigenvalue weighted by molar-refractivity contribution is -0.126. The van der Waals surface area contributed by atoms with Gasteiger partial charge in [0.1, 0.15) is 5.60 Å². The van der Waals surface area contributed by atoms with Crippen LogP contribution in [0.5, 0.6) is 0 Å². The molecule has 8 rings (SSSR count). The van der Waals surface area contributed by atoms with Gasteiger partial charge < -0.3 is 23.8 Å². The van der Waals surface area contributed by atoms with Crippen molar-refractivity contribution in [1.82, 2.24) is 9.80 Å². The van der Waals surface area contributed by atoms with E-state index in [0.29, 0.717) is 32.0 Å². The van der Waals surface area contributed by atoms with E-state index in [4.69, 9.17) is 14.0 Å². The SMILES string of the molecule is CC(C)(C)OC(=O)N1CCC2(CC1)C(=O)N([C@H]1C[C@@H](N3CC4CC(C4)C3)C1)c1cc(B3OC(C)(C)C(C)(C)O3)ccc12. The van der Waals surface area contributed by atoms with E-state index >= 15 is 0 Å². The van der Waals surface area contributed by atoms with Crippen LogP contribution in [0.1, 0.15) is 92.6 Å². The number of carbonyl (C=O) groups excluding carboxylic acids is 2. The Labute approximate surface area is 251 Å². The molecule has 5 heterocycles. The van der Waals surface area contributed by atoms with Gasteiger partial charge in [0.2, 0.25) is 5.91 Å². The average Bonchev–Trinajstić information content (AvgIpc) is 3.23. The van der Waals surface area contributed by atoms with E-state index in [1.807, 2.05) is 20.8 Å². The van der Waals surface area contributed by atoms with E-state index in [2.05, 4.69) is 55.7 Å². The van der Waals surface area contributed by atoms with Gasteiger partial charge in [0.15, 0.2) is 0 Å². The number of nitrogens with zero attached hydrogens (tertiary/aromatic N) is 3. The van der Waals surface area contributed by atoms with Gasteiger partial charge in [0, 0.05) is 44.0 Å². The van der Waals surface area contributed by atoms with Crippen LogP contribution in [-0.2, 0) is 24.3 Å². The Morgan fingerprint density at radius 1 is 0.929 bits per heavy atom. The van der Waals surface area contributed by atoms with Crippen LogP contribution in [0.15, 0.2) is 18.2 Å². The summed E-state index contributed by atoms with van der Waals surface area (Å²) in [6, 6.07) is 7.17. The van der Waals surface area contributed by atoms with E-state index in [0.717, 1.165) is 41.4 Å². The molecule has 1 spiro atoms. The van der Waals surface area contributed by atoms with Gasteiger partial charge in [0.25, 0.3) is 0 Å². The largest absolute Gasteiger partial charge is 0.494 e. The Bertz CT molecular complexity index is 1240. The molecule has 4 saturated heterocycles. The molecule has 9 heteroatoms. The fourth-order valence-electron chi connectivity index (χ4n) is 8.25. The van der Waals surface area contributed by atoms with Crippen molar-refractivity contribution in [2.75, 3.05) is 31.1 Å². The first-order chi connectivity index (χ1) is 19.7. The van der Waals surface area contributed by atoms with Crippen molar-refractivity contribution >= 4 is 30.3 Å². The molecule has 0 aromatic heterocycles. The maximum atomic E-state index is 14.6. The van der Waals surface area contributed by atoms with Crippen molar-refractivity contribution in [3.05, 3.63) is 23.8 Å². The van der Waals surface area contributed by atoms with Gasteiger partial charge in [-0.25, -0.2) is 4.79 Å². The van der Waals surface area contributed by atoms with Crippen LogP contribution in [-0.4, -0.2) is 84.0 Å². The monoisotopic (exact) mass is 577 g/mol. The van der Waals surface area contributed by atoms with E-state index in [9.17, 15) is 9.59 Å². The third-order valence-corrected chi connectivity index (χ3v) is 11.5. The van der Waals surface area contributed by atoms with Gasteiger partial charge in [-0.15, -0.1) is 0 Å². The minimum atomic E-state index is -0.611.